The van der Waals surface area contributed by atoms with E-state index in [9.17, 15) is 0 Å². The van der Waals surface area contributed by atoms with Crippen LogP contribution in [0.4, 0.5) is 0 Å². The Labute approximate surface area is 97.7 Å². The lowest BCUT2D eigenvalue weighted by molar-refractivity contribution is 0.443. The van der Waals surface area contributed by atoms with Gasteiger partial charge in [0.2, 0.25) is 0 Å². The molecular weight excluding hydrogens is 200 g/mol. The van der Waals surface area contributed by atoms with E-state index in [0.717, 1.165) is 0 Å². The van der Waals surface area contributed by atoms with Gasteiger partial charge in [0.1, 0.15) is 0 Å². The molecule has 0 N–H and O–H groups in total. The van der Waals surface area contributed by atoms with Crippen molar-refractivity contribution in [3.63, 3.8) is 0 Å². The van der Waals surface area contributed by atoms with Crippen molar-refractivity contribution >= 4 is 17.1 Å². The number of hydrogen-bond donors (Lipinski definition) is 0. The van der Waals surface area contributed by atoms with Crippen molar-refractivity contribution in [2.24, 2.45) is 5.92 Å². The maximum atomic E-state index is 5.58. The number of benzene rings is 1. The summed E-state index contributed by atoms with van der Waals surface area (Å²) in [6.45, 7) is 2.12. The highest BCUT2D eigenvalue weighted by molar-refractivity contribution is 7.80. The smallest absolute Gasteiger partial charge is 0.0255 e. The van der Waals surface area contributed by atoms with Crippen molar-refractivity contribution in [3.8, 4) is 0 Å². The summed E-state index contributed by atoms with van der Waals surface area (Å²) in [5, 5.41) is 0. The Hall–Kier alpha value is -0.690. The molecule has 0 bridgehead atoms. The van der Waals surface area contributed by atoms with E-state index in [0.29, 0.717) is 5.92 Å². The first-order valence-corrected chi connectivity index (χ1v) is 6.29. The summed E-state index contributed by atoms with van der Waals surface area (Å²) in [5.74, 6) is 0.663. The normalized spacial score (nSPS) is 17.7. The summed E-state index contributed by atoms with van der Waals surface area (Å²) < 4.78 is 0. The molecule has 15 heavy (non-hydrogen) atoms. The molecule has 1 aliphatic rings. The summed E-state index contributed by atoms with van der Waals surface area (Å²) in [5.41, 5.74) is 2.58. The van der Waals surface area contributed by atoms with Gasteiger partial charge in [-0.25, -0.2) is 0 Å². The first-order valence-electron chi connectivity index (χ1n) is 5.88. The lowest BCUT2D eigenvalue weighted by Gasteiger charge is -2.22. The molecule has 2 rings (SSSR count). The summed E-state index contributed by atoms with van der Waals surface area (Å²) in [6, 6.07) is 8.66. The third kappa shape index (κ3) is 2.66. The highest BCUT2D eigenvalue weighted by Crippen LogP contribution is 2.27. The third-order valence-electron chi connectivity index (χ3n) is 3.31. The maximum absolute atomic E-state index is 5.58. The summed E-state index contributed by atoms with van der Waals surface area (Å²) in [4.78, 5) is 1.19. The van der Waals surface area contributed by atoms with Crippen LogP contribution in [0.1, 0.15) is 43.2 Å². The predicted octanol–water partition coefficient (Wildman–Crippen LogP) is 4.29. The van der Waals surface area contributed by atoms with Crippen LogP contribution in [0.5, 0.6) is 0 Å². The molecule has 0 spiro atoms. The highest BCUT2D eigenvalue weighted by atomic mass is 32.1. The Kier molecular flexibility index (Phi) is 3.53. The largest absolute Gasteiger partial charge is 0.0840 e. The minimum Gasteiger partial charge on any atom is -0.0840 e. The fraction of sp³-hybridized carbons (Fsp3) is 0.500. The second kappa shape index (κ2) is 4.89. The van der Waals surface area contributed by atoms with E-state index in [1.165, 1.54) is 48.1 Å². The quantitative estimate of drug-likeness (QED) is 0.527. The first-order chi connectivity index (χ1) is 7.27. The van der Waals surface area contributed by atoms with Crippen LogP contribution in [0.2, 0.25) is 0 Å². The molecule has 80 valence electrons. The van der Waals surface area contributed by atoms with Gasteiger partial charge in [-0.1, -0.05) is 61.3 Å². The number of rotatable bonds is 2. The fourth-order valence-electron chi connectivity index (χ4n) is 2.32. The molecule has 0 unspecified atom stereocenters. The Morgan fingerprint density at radius 2 is 1.67 bits per heavy atom. The monoisotopic (exact) mass is 218 g/mol. The Balaban J connectivity index is 2.09. The van der Waals surface area contributed by atoms with Crippen molar-refractivity contribution in [3.05, 3.63) is 35.4 Å². The van der Waals surface area contributed by atoms with Gasteiger partial charge in [0.15, 0.2) is 0 Å². The van der Waals surface area contributed by atoms with Gasteiger partial charge in [-0.05, 0) is 31.2 Å². The molecule has 1 aromatic carbocycles. The molecule has 1 fully saturated rings. The zero-order valence-corrected chi connectivity index (χ0v) is 10.1. The molecule has 1 aromatic rings. The van der Waals surface area contributed by atoms with Gasteiger partial charge in [0.05, 0.1) is 0 Å². The first kappa shape index (κ1) is 10.8. The molecule has 1 saturated carbocycles. The molecule has 1 heteroatoms. The van der Waals surface area contributed by atoms with Crippen molar-refractivity contribution in [1.29, 1.82) is 0 Å². The standard InChI is InChI=1S/C14H18S/c1-11-7-9-13(10-8-11)14(15)12-5-3-2-4-6-12/h7-10,12H,2-6H2,1H3. The molecule has 1 aliphatic carbocycles. The molecule has 0 aromatic heterocycles. The lowest BCUT2D eigenvalue weighted by atomic mass is 9.84. The second-order valence-electron chi connectivity index (χ2n) is 4.57. The average molecular weight is 218 g/mol. The third-order valence-corrected chi connectivity index (χ3v) is 3.88. The van der Waals surface area contributed by atoms with E-state index >= 15 is 0 Å². The zero-order valence-electron chi connectivity index (χ0n) is 9.33. The Morgan fingerprint density at radius 3 is 2.27 bits per heavy atom. The van der Waals surface area contributed by atoms with Crippen LogP contribution in [0.15, 0.2) is 24.3 Å². The fourth-order valence-corrected chi connectivity index (χ4v) is 2.69. The van der Waals surface area contributed by atoms with Crippen LogP contribution < -0.4 is 0 Å². The van der Waals surface area contributed by atoms with Gasteiger partial charge >= 0.3 is 0 Å². The summed E-state index contributed by atoms with van der Waals surface area (Å²) >= 11 is 5.58. The molecular formula is C14H18S. The van der Waals surface area contributed by atoms with Crippen molar-refractivity contribution in [2.75, 3.05) is 0 Å². The van der Waals surface area contributed by atoms with Crippen LogP contribution in [0.25, 0.3) is 0 Å². The average Bonchev–Trinajstić information content (AvgIpc) is 2.30. The van der Waals surface area contributed by atoms with E-state index in [2.05, 4.69) is 31.2 Å². The molecule has 0 radical (unpaired) electrons. The van der Waals surface area contributed by atoms with Crippen LogP contribution in [0.3, 0.4) is 0 Å². The topological polar surface area (TPSA) is 0 Å². The van der Waals surface area contributed by atoms with Crippen molar-refractivity contribution < 1.29 is 0 Å². The Bertz CT molecular complexity index is 331. The van der Waals surface area contributed by atoms with Crippen LogP contribution >= 0.6 is 12.2 Å². The summed E-state index contributed by atoms with van der Waals surface area (Å²) in [6.07, 6.45) is 6.71. The second-order valence-corrected chi connectivity index (χ2v) is 5.01. The van der Waals surface area contributed by atoms with Gasteiger partial charge in [0.25, 0.3) is 0 Å². The predicted molar refractivity (Wildman–Crippen MR) is 69.5 cm³/mol. The van der Waals surface area contributed by atoms with Gasteiger partial charge in [-0.3, -0.25) is 0 Å². The zero-order chi connectivity index (χ0) is 10.7. The molecule has 0 nitrogen and oxygen atoms in total. The Morgan fingerprint density at radius 1 is 1.07 bits per heavy atom. The van der Waals surface area contributed by atoms with Gasteiger partial charge < -0.3 is 0 Å². The van der Waals surface area contributed by atoms with Gasteiger partial charge in [0, 0.05) is 4.86 Å². The number of thiocarbonyl (C=S) groups is 1. The lowest BCUT2D eigenvalue weighted by Crippen LogP contribution is -2.16. The van der Waals surface area contributed by atoms with Crippen LogP contribution in [0, 0.1) is 12.8 Å². The van der Waals surface area contributed by atoms with E-state index in [4.69, 9.17) is 12.2 Å². The highest BCUT2D eigenvalue weighted by Gasteiger charge is 2.18. The van der Waals surface area contributed by atoms with E-state index < -0.39 is 0 Å². The van der Waals surface area contributed by atoms with Crippen molar-refractivity contribution in [2.45, 2.75) is 39.0 Å². The van der Waals surface area contributed by atoms with Gasteiger partial charge in [-0.15, -0.1) is 0 Å². The van der Waals surface area contributed by atoms with E-state index in [-0.39, 0.29) is 0 Å². The van der Waals surface area contributed by atoms with Crippen molar-refractivity contribution in [1.82, 2.24) is 0 Å². The van der Waals surface area contributed by atoms with Crippen LogP contribution in [-0.4, -0.2) is 4.86 Å². The van der Waals surface area contributed by atoms with E-state index in [1.54, 1.807) is 0 Å². The SMILES string of the molecule is Cc1ccc(C(=S)C2CCCCC2)cc1. The van der Waals surface area contributed by atoms with Gasteiger partial charge in [-0.2, -0.15) is 0 Å². The molecule has 0 saturated heterocycles. The molecule has 0 heterocycles. The minimum absolute atomic E-state index is 0.663. The van der Waals surface area contributed by atoms with E-state index in [1.807, 2.05) is 0 Å². The minimum atomic E-state index is 0.663. The molecule has 0 amide bonds. The number of hydrogen-bond acceptors (Lipinski definition) is 1. The molecule has 0 atom stereocenters. The van der Waals surface area contributed by atoms with Crippen LogP contribution in [-0.2, 0) is 0 Å². The maximum Gasteiger partial charge on any atom is 0.0255 e. The summed E-state index contributed by atoms with van der Waals surface area (Å²) in [7, 11) is 0. The molecule has 0 aliphatic heterocycles. The number of aryl methyl sites for hydroxylation is 1.